The van der Waals surface area contributed by atoms with Gasteiger partial charge in [-0.05, 0) is 64.1 Å². The number of nitrogens with one attached hydrogen (secondary N) is 1. The van der Waals surface area contributed by atoms with Crippen LogP contribution in [0.1, 0.15) is 43.9 Å². The number of rotatable bonds is 9. The lowest BCUT2D eigenvalue weighted by atomic mass is 9.99. The van der Waals surface area contributed by atoms with Gasteiger partial charge < -0.3 is 24.1 Å². The van der Waals surface area contributed by atoms with Crippen molar-refractivity contribution in [1.82, 2.24) is 4.90 Å². The molecule has 0 unspecified atom stereocenters. The van der Waals surface area contributed by atoms with E-state index in [1.165, 1.54) is 9.80 Å². The van der Waals surface area contributed by atoms with Crippen LogP contribution in [0.15, 0.2) is 46.4 Å². The molecule has 0 saturated carbocycles. The molecule has 3 rings (SSSR count). The number of nitrogens with zero attached hydrogens (tertiary/aromatic N) is 1. The molecule has 1 aromatic carbocycles. The molecular formula is C24H31N2O5+. The van der Waals surface area contributed by atoms with Crippen LogP contribution in [0.4, 0.5) is 0 Å². The Bertz CT molecular complexity index is 957. The minimum absolute atomic E-state index is 0.0538. The molecular weight excluding hydrogens is 396 g/mol. The third-order valence-electron chi connectivity index (χ3n) is 5.72. The molecule has 2 heterocycles. The summed E-state index contributed by atoms with van der Waals surface area (Å²) in [7, 11) is 0. The highest BCUT2D eigenvalue weighted by Gasteiger charge is 2.47. The summed E-state index contributed by atoms with van der Waals surface area (Å²) >= 11 is 0. The second-order valence-corrected chi connectivity index (χ2v) is 7.61. The van der Waals surface area contributed by atoms with Crippen molar-refractivity contribution in [2.24, 2.45) is 0 Å². The van der Waals surface area contributed by atoms with Gasteiger partial charge in [0.25, 0.3) is 11.7 Å². The zero-order chi connectivity index (χ0) is 22.5. The molecule has 0 aliphatic carbocycles. The van der Waals surface area contributed by atoms with Gasteiger partial charge in [0.2, 0.25) is 0 Å². The number of furan rings is 1. The van der Waals surface area contributed by atoms with Crippen LogP contribution < -0.4 is 9.64 Å². The fourth-order valence-electron chi connectivity index (χ4n) is 3.92. The predicted molar refractivity (Wildman–Crippen MR) is 117 cm³/mol. The van der Waals surface area contributed by atoms with Crippen LogP contribution in [-0.4, -0.2) is 54.5 Å². The summed E-state index contributed by atoms with van der Waals surface area (Å²) in [6, 6.07) is 9.61. The number of aliphatic hydroxyl groups excluding tert-OH is 1. The van der Waals surface area contributed by atoms with Gasteiger partial charge in [0.1, 0.15) is 29.1 Å². The van der Waals surface area contributed by atoms with Gasteiger partial charge in [-0.2, -0.15) is 0 Å². The van der Waals surface area contributed by atoms with Crippen molar-refractivity contribution < 1.29 is 28.7 Å². The minimum atomic E-state index is -0.754. The van der Waals surface area contributed by atoms with Gasteiger partial charge in [-0.3, -0.25) is 9.59 Å². The number of carbonyl (C=O) groups excluding carboxylic acids is 2. The quantitative estimate of drug-likeness (QED) is 0.365. The van der Waals surface area contributed by atoms with E-state index < -0.39 is 17.7 Å². The number of hydrogen-bond acceptors (Lipinski definition) is 5. The monoisotopic (exact) mass is 427 g/mol. The lowest BCUT2D eigenvalue weighted by Crippen LogP contribution is -3.12. The molecule has 31 heavy (non-hydrogen) atoms. The lowest BCUT2D eigenvalue weighted by molar-refractivity contribution is -0.895. The van der Waals surface area contributed by atoms with Crippen LogP contribution in [0.25, 0.3) is 5.76 Å². The molecule has 1 fully saturated rings. The third kappa shape index (κ3) is 4.66. The van der Waals surface area contributed by atoms with Crippen molar-refractivity contribution in [3.8, 4) is 5.75 Å². The van der Waals surface area contributed by atoms with E-state index in [0.29, 0.717) is 42.5 Å². The van der Waals surface area contributed by atoms with Crippen molar-refractivity contribution in [2.75, 3.05) is 32.8 Å². The number of Topliss-reactive ketones (excluding diaryl/α,β-unsaturated/α-hetero) is 1. The Kier molecular flexibility index (Phi) is 7.17. The van der Waals surface area contributed by atoms with Gasteiger partial charge in [0.15, 0.2) is 0 Å². The van der Waals surface area contributed by atoms with Gasteiger partial charge >= 0.3 is 0 Å². The number of aryl methyl sites for hydroxylation is 1. The van der Waals surface area contributed by atoms with Gasteiger partial charge in [0, 0.05) is 5.56 Å². The third-order valence-corrected chi connectivity index (χ3v) is 5.72. The van der Waals surface area contributed by atoms with Gasteiger partial charge in [-0.1, -0.05) is 0 Å². The topological polar surface area (TPSA) is 84.4 Å². The maximum atomic E-state index is 13.0. The van der Waals surface area contributed by atoms with E-state index in [1.807, 2.05) is 13.8 Å². The number of hydrogen-bond donors (Lipinski definition) is 2. The number of ketones is 1. The molecule has 2 aromatic rings. The standard InChI is InChI=1S/C24H30N2O5/c1-5-25(6-2)14-15-26-21(19-13-8-16(4)31-19)20(23(28)24(26)29)22(27)17-9-11-18(12-10-17)30-7-3/h8-13,21,27H,5-7,14-15H2,1-4H3/p+1/t21-/m0/s1. The normalized spacial score (nSPS) is 18.2. The Morgan fingerprint density at radius 1 is 1.10 bits per heavy atom. The van der Waals surface area contributed by atoms with Crippen LogP contribution in [0.5, 0.6) is 5.75 Å². The van der Waals surface area contributed by atoms with Gasteiger partial charge in [0.05, 0.1) is 38.4 Å². The number of likely N-dealkylation sites (N-methyl/N-ethyl adjacent to an activating group) is 1. The van der Waals surface area contributed by atoms with E-state index in [0.717, 1.165) is 13.1 Å². The van der Waals surface area contributed by atoms with Crippen LogP contribution >= 0.6 is 0 Å². The Hall–Kier alpha value is -3.06. The largest absolute Gasteiger partial charge is 0.507 e. The second kappa shape index (κ2) is 9.83. The maximum Gasteiger partial charge on any atom is 0.295 e. The van der Waals surface area contributed by atoms with E-state index in [2.05, 4.69) is 13.8 Å². The van der Waals surface area contributed by atoms with Crippen LogP contribution in [0.2, 0.25) is 0 Å². The summed E-state index contributed by atoms with van der Waals surface area (Å²) < 4.78 is 11.2. The molecule has 2 N–H and O–H groups in total. The fraction of sp³-hybridized carbons (Fsp3) is 0.417. The number of likely N-dealkylation sites (tertiary alicyclic amines) is 1. The summed E-state index contributed by atoms with van der Waals surface area (Å²) in [5.74, 6) is 0.297. The molecule has 7 nitrogen and oxygen atoms in total. The number of carbonyl (C=O) groups is 2. The molecule has 1 aliphatic rings. The first-order valence-electron chi connectivity index (χ1n) is 10.8. The van der Waals surface area contributed by atoms with E-state index in [-0.39, 0.29) is 11.3 Å². The Labute approximate surface area is 182 Å². The number of ether oxygens (including phenoxy) is 1. The molecule has 1 amide bonds. The van der Waals surface area contributed by atoms with Crippen molar-refractivity contribution in [2.45, 2.75) is 33.7 Å². The van der Waals surface area contributed by atoms with E-state index >= 15 is 0 Å². The first-order valence-corrected chi connectivity index (χ1v) is 10.8. The fourth-order valence-corrected chi connectivity index (χ4v) is 3.92. The Morgan fingerprint density at radius 2 is 1.77 bits per heavy atom. The zero-order valence-corrected chi connectivity index (χ0v) is 18.6. The number of quaternary nitrogens is 1. The molecule has 0 bridgehead atoms. The lowest BCUT2D eigenvalue weighted by Gasteiger charge is -2.25. The van der Waals surface area contributed by atoms with Crippen molar-refractivity contribution in [3.05, 3.63) is 59.1 Å². The van der Waals surface area contributed by atoms with Gasteiger partial charge in [-0.25, -0.2) is 0 Å². The van der Waals surface area contributed by atoms with Crippen molar-refractivity contribution >= 4 is 17.4 Å². The zero-order valence-electron chi connectivity index (χ0n) is 18.6. The van der Waals surface area contributed by atoms with E-state index in [9.17, 15) is 14.7 Å². The van der Waals surface area contributed by atoms with Crippen LogP contribution in [0.3, 0.4) is 0 Å². The summed E-state index contributed by atoms with van der Waals surface area (Å²) in [5.41, 5.74) is 0.502. The van der Waals surface area contributed by atoms with Crippen molar-refractivity contribution in [3.63, 3.8) is 0 Å². The smallest absolute Gasteiger partial charge is 0.295 e. The molecule has 166 valence electrons. The molecule has 1 aromatic heterocycles. The first-order chi connectivity index (χ1) is 14.9. The predicted octanol–water partition coefficient (Wildman–Crippen LogP) is 2.33. The first kappa shape index (κ1) is 22.6. The molecule has 0 spiro atoms. The molecule has 1 aliphatic heterocycles. The highest BCUT2D eigenvalue weighted by Crippen LogP contribution is 2.39. The van der Waals surface area contributed by atoms with Crippen LogP contribution in [0, 0.1) is 6.92 Å². The van der Waals surface area contributed by atoms with Crippen molar-refractivity contribution in [1.29, 1.82) is 0 Å². The summed E-state index contributed by atoms with van der Waals surface area (Å²) in [6.07, 6.45) is 0. The number of aliphatic hydroxyl groups is 1. The number of benzene rings is 1. The minimum Gasteiger partial charge on any atom is -0.507 e. The van der Waals surface area contributed by atoms with Gasteiger partial charge in [-0.15, -0.1) is 0 Å². The molecule has 0 radical (unpaired) electrons. The molecule has 1 atom stereocenters. The summed E-state index contributed by atoms with van der Waals surface area (Å²) in [6.45, 7) is 11.4. The Morgan fingerprint density at radius 3 is 2.32 bits per heavy atom. The van der Waals surface area contributed by atoms with Crippen LogP contribution in [-0.2, 0) is 9.59 Å². The number of amides is 1. The maximum absolute atomic E-state index is 13.0. The molecule has 1 saturated heterocycles. The summed E-state index contributed by atoms with van der Waals surface area (Å²) in [5, 5.41) is 11.0. The average Bonchev–Trinajstić information content (AvgIpc) is 3.30. The van der Waals surface area contributed by atoms with E-state index in [1.54, 1.807) is 36.4 Å². The summed E-state index contributed by atoms with van der Waals surface area (Å²) in [4.78, 5) is 28.8. The average molecular weight is 428 g/mol. The Balaban J connectivity index is 2.03. The highest BCUT2D eigenvalue weighted by atomic mass is 16.5. The second-order valence-electron chi connectivity index (χ2n) is 7.61. The SMILES string of the molecule is CCOc1ccc(C(O)=C2C(=O)C(=O)N(CC[NH+](CC)CC)[C@H]2c2ccc(C)o2)cc1. The molecule has 7 heteroatoms. The highest BCUT2D eigenvalue weighted by molar-refractivity contribution is 6.46. The van der Waals surface area contributed by atoms with E-state index in [4.69, 9.17) is 9.15 Å².